The van der Waals surface area contributed by atoms with E-state index in [1.54, 1.807) is 0 Å². The van der Waals surface area contributed by atoms with E-state index in [0.29, 0.717) is 25.7 Å². The van der Waals surface area contributed by atoms with E-state index in [1.807, 2.05) is 103 Å². The van der Waals surface area contributed by atoms with Crippen LogP contribution >= 0.6 is 0 Å². The number of ether oxygens (including phenoxy) is 3. The predicted molar refractivity (Wildman–Crippen MR) is 232 cm³/mol. The summed E-state index contributed by atoms with van der Waals surface area (Å²) in [5, 5.41) is 0. The topological polar surface area (TPSA) is 78.9 Å². The molecule has 1 atom stereocenters. The maximum atomic E-state index is 12.6. The van der Waals surface area contributed by atoms with Gasteiger partial charge in [0, 0.05) is 19.3 Å². The van der Waals surface area contributed by atoms with Crippen LogP contribution in [-0.4, -0.2) is 37.2 Å². The molecule has 0 aromatic carbocycles. The molecule has 0 aliphatic carbocycles. The number of rotatable bonds is 33. The Hall–Kier alpha value is -4.71. The highest BCUT2D eigenvalue weighted by atomic mass is 16.6. The van der Waals surface area contributed by atoms with Gasteiger partial charge in [-0.2, -0.15) is 0 Å². The first-order chi connectivity index (χ1) is 27.0. The average Bonchev–Trinajstić information content (AvgIpc) is 3.18. The summed E-state index contributed by atoms with van der Waals surface area (Å²) in [6.45, 7) is 6.03. The lowest BCUT2D eigenvalue weighted by molar-refractivity contribution is -0.167. The van der Waals surface area contributed by atoms with Crippen LogP contribution in [0.4, 0.5) is 0 Å². The van der Waals surface area contributed by atoms with E-state index in [9.17, 15) is 14.4 Å². The van der Waals surface area contributed by atoms with Crippen LogP contribution in [0.2, 0.25) is 0 Å². The van der Waals surface area contributed by atoms with Crippen molar-refractivity contribution in [2.75, 3.05) is 13.2 Å². The molecule has 1 unspecified atom stereocenters. The Bertz CT molecular complexity index is 1330. The zero-order valence-electron chi connectivity index (χ0n) is 34.1. The van der Waals surface area contributed by atoms with Crippen molar-refractivity contribution in [3.05, 3.63) is 146 Å². The third-order valence-electron chi connectivity index (χ3n) is 7.58. The van der Waals surface area contributed by atoms with E-state index in [2.05, 4.69) is 63.3 Å². The molecule has 0 amide bonds. The van der Waals surface area contributed by atoms with Gasteiger partial charge in [-0.25, -0.2) is 0 Å². The van der Waals surface area contributed by atoms with Gasteiger partial charge in [0.05, 0.1) is 0 Å². The normalized spacial score (nSPS) is 13.6. The van der Waals surface area contributed by atoms with Crippen molar-refractivity contribution >= 4 is 17.9 Å². The molecule has 55 heavy (non-hydrogen) atoms. The van der Waals surface area contributed by atoms with Crippen molar-refractivity contribution in [2.45, 2.75) is 130 Å². The highest BCUT2D eigenvalue weighted by Gasteiger charge is 2.19. The second kappa shape index (κ2) is 42.0. The second-order valence-corrected chi connectivity index (χ2v) is 12.6. The number of esters is 3. The van der Waals surface area contributed by atoms with Crippen LogP contribution in [0.25, 0.3) is 0 Å². The van der Waals surface area contributed by atoms with Crippen molar-refractivity contribution in [1.82, 2.24) is 0 Å². The van der Waals surface area contributed by atoms with Gasteiger partial charge in [0.2, 0.25) is 0 Å². The van der Waals surface area contributed by atoms with Gasteiger partial charge in [0.1, 0.15) is 13.2 Å². The summed E-state index contributed by atoms with van der Waals surface area (Å²) in [5.41, 5.74) is 0. The van der Waals surface area contributed by atoms with Crippen LogP contribution in [0.15, 0.2) is 146 Å². The minimum absolute atomic E-state index is 0.145. The van der Waals surface area contributed by atoms with E-state index in [0.717, 1.165) is 57.8 Å². The fraction of sp³-hybridized carbons (Fsp3) is 0.449. The van der Waals surface area contributed by atoms with Gasteiger partial charge in [-0.3, -0.25) is 14.4 Å². The third kappa shape index (κ3) is 40.3. The summed E-state index contributed by atoms with van der Waals surface area (Å²) < 4.78 is 16.5. The predicted octanol–water partition coefficient (Wildman–Crippen LogP) is 13.0. The summed E-state index contributed by atoms with van der Waals surface area (Å²) in [6.07, 6.45) is 59.9. The molecule has 6 nitrogen and oxygen atoms in total. The number of allylic oxidation sites excluding steroid dienone is 24. The molecule has 0 aliphatic rings. The molecule has 0 radical (unpaired) electrons. The lowest BCUT2D eigenvalue weighted by Gasteiger charge is -2.18. The van der Waals surface area contributed by atoms with Gasteiger partial charge in [-0.1, -0.05) is 173 Å². The maximum Gasteiger partial charge on any atom is 0.306 e. The van der Waals surface area contributed by atoms with Crippen molar-refractivity contribution in [3.8, 4) is 0 Å². The molecule has 0 fully saturated rings. The van der Waals surface area contributed by atoms with Gasteiger partial charge < -0.3 is 14.2 Å². The zero-order valence-corrected chi connectivity index (χ0v) is 34.1. The van der Waals surface area contributed by atoms with Crippen LogP contribution in [0.1, 0.15) is 124 Å². The van der Waals surface area contributed by atoms with E-state index in [-0.39, 0.29) is 44.4 Å². The molecule has 0 aromatic heterocycles. The number of carbonyl (C=O) groups is 3. The first-order valence-electron chi connectivity index (χ1n) is 20.5. The van der Waals surface area contributed by atoms with E-state index < -0.39 is 12.1 Å². The number of hydrogen-bond acceptors (Lipinski definition) is 6. The molecule has 0 rings (SSSR count). The Labute approximate surface area is 334 Å². The molecule has 0 aliphatic heterocycles. The van der Waals surface area contributed by atoms with Gasteiger partial charge in [-0.05, 0) is 77.0 Å². The van der Waals surface area contributed by atoms with Crippen LogP contribution < -0.4 is 0 Å². The third-order valence-corrected chi connectivity index (χ3v) is 7.58. The molecule has 0 saturated heterocycles. The van der Waals surface area contributed by atoms with Crippen molar-refractivity contribution in [2.24, 2.45) is 0 Å². The highest BCUT2D eigenvalue weighted by molar-refractivity contribution is 5.71. The molecule has 0 spiro atoms. The highest BCUT2D eigenvalue weighted by Crippen LogP contribution is 2.09. The molecule has 0 saturated carbocycles. The first kappa shape index (κ1) is 50.3. The van der Waals surface area contributed by atoms with E-state index >= 15 is 0 Å². The van der Waals surface area contributed by atoms with Gasteiger partial charge in [-0.15, -0.1) is 0 Å². The summed E-state index contributed by atoms with van der Waals surface area (Å²) in [5.74, 6) is -1.12. The Morgan fingerprint density at radius 3 is 1.27 bits per heavy atom. The summed E-state index contributed by atoms with van der Waals surface area (Å²) in [4.78, 5) is 37.5. The molecular weight excluding hydrogens is 685 g/mol. The lowest BCUT2D eigenvalue weighted by Crippen LogP contribution is -2.30. The van der Waals surface area contributed by atoms with Crippen LogP contribution in [0, 0.1) is 0 Å². The quantitative estimate of drug-likeness (QED) is 0.0218. The number of unbranched alkanes of at least 4 members (excludes halogenated alkanes) is 6. The molecule has 302 valence electrons. The van der Waals surface area contributed by atoms with Crippen LogP contribution in [-0.2, 0) is 28.6 Å². The van der Waals surface area contributed by atoms with Gasteiger partial charge in [0.15, 0.2) is 6.10 Å². The standard InChI is InChI=1S/C49H70O6/c1-4-7-10-13-16-19-21-23-24-26-27-30-33-36-39-42-48(51)54-45-46(44-53-47(50)41-38-35-32-29-18-15-12-9-6-3)55-49(52)43-40-37-34-31-28-25-22-20-17-14-11-8-5-2/h7-14,16-29,31,34,46H,4-6,15,30,32-33,35-45H2,1-3H3/b10-7-,11-8-,12-9-,16-13-,17-14-,21-19-,22-20-,24-23-,27-26-,28-25-,29-18-,34-31-. The molecule has 0 aromatic rings. The van der Waals surface area contributed by atoms with Crippen molar-refractivity contribution in [3.63, 3.8) is 0 Å². The first-order valence-corrected chi connectivity index (χ1v) is 20.5. The van der Waals surface area contributed by atoms with Gasteiger partial charge in [0.25, 0.3) is 0 Å². The lowest BCUT2D eigenvalue weighted by atomic mass is 10.1. The SMILES string of the molecule is CC\C=C/C=C\C=C/C=C\C=C/CCCCCC(=O)OCC(COC(=O)CCCC/C=C\C/C=C\CC)OC(=O)CCC\C=C/C=C\C=C/C=C\C=C/CC. The zero-order chi connectivity index (χ0) is 40.1. The smallest absolute Gasteiger partial charge is 0.306 e. The second-order valence-electron chi connectivity index (χ2n) is 12.6. The summed E-state index contributed by atoms with van der Waals surface area (Å²) in [6, 6.07) is 0. The Morgan fingerprint density at radius 1 is 0.382 bits per heavy atom. The Balaban J connectivity index is 4.66. The number of hydrogen-bond donors (Lipinski definition) is 0. The molecule has 6 heteroatoms. The number of carbonyl (C=O) groups excluding carboxylic acids is 3. The maximum absolute atomic E-state index is 12.6. The average molecular weight is 755 g/mol. The Morgan fingerprint density at radius 2 is 0.764 bits per heavy atom. The van der Waals surface area contributed by atoms with Crippen LogP contribution in [0.5, 0.6) is 0 Å². The molecule has 0 bridgehead atoms. The molecule has 0 N–H and O–H groups in total. The fourth-order valence-corrected chi connectivity index (χ4v) is 4.59. The largest absolute Gasteiger partial charge is 0.462 e. The van der Waals surface area contributed by atoms with E-state index in [4.69, 9.17) is 14.2 Å². The minimum Gasteiger partial charge on any atom is -0.462 e. The van der Waals surface area contributed by atoms with Crippen molar-refractivity contribution in [1.29, 1.82) is 0 Å². The molecule has 0 heterocycles. The summed E-state index contributed by atoms with van der Waals surface area (Å²) in [7, 11) is 0. The van der Waals surface area contributed by atoms with Crippen molar-refractivity contribution < 1.29 is 28.6 Å². The molecular formula is C49H70O6. The monoisotopic (exact) mass is 755 g/mol. The minimum atomic E-state index is -0.849. The van der Waals surface area contributed by atoms with Crippen LogP contribution in [0.3, 0.4) is 0 Å². The fourth-order valence-electron chi connectivity index (χ4n) is 4.59. The Kier molecular flexibility index (Phi) is 38.4. The van der Waals surface area contributed by atoms with Gasteiger partial charge >= 0.3 is 17.9 Å². The summed E-state index contributed by atoms with van der Waals surface area (Å²) >= 11 is 0. The van der Waals surface area contributed by atoms with E-state index in [1.165, 1.54) is 0 Å².